The molecule has 0 radical (unpaired) electrons. The van der Waals surface area contributed by atoms with E-state index in [1.54, 1.807) is 0 Å². The number of fused-ring (bicyclic) bond motifs is 1. The van der Waals surface area contributed by atoms with Crippen LogP contribution >= 0.6 is 34.9 Å². The maximum Gasteiger partial charge on any atom is 0.416 e. The molecular weight excluding hydrogens is 435 g/mol. The fraction of sp³-hybridized carbons (Fsp3) is 0.500. The summed E-state index contributed by atoms with van der Waals surface area (Å²) in [6.07, 6.45) is -2.98. The van der Waals surface area contributed by atoms with Gasteiger partial charge >= 0.3 is 6.18 Å². The van der Waals surface area contributed by atoms with E-state index in [4.69, 9.17) is 0 Å². The summed E-state index contributed by atoms with van der Waals surface area (Å²) in [5.74, 6) is 2.22. The van der Waals surface area contributed by atoms with Gasteiger partial charge in [0, 0.05) is 30.7 Å². The van der Waals surface area contributed by atoms with E-state index in [-0.39, 0.29) is 14.2 Å². The summed E-state index contributed by atoms with van der Waals surface area (Å²) in [5, 5.41) is 11.3. The highest BCUT2D eigenvalue weighted by Gasteiger charge is 2.39. The first-order valence-corrected chi connectivity index (χ1v) is 11.2. The van der Waals surface area contributed by atoms with Crippen LogP contribution in [-0.4, -0.2) is 38.6 Å². The fourth-order valence-corrected chi connectivity index (χ4v) is 7.70. The van der Waals surface area contributed by atoms with Crippen LogP contribution in [0.25, 0.3) is 10.1 Å². The molecule has 0 bridgehead atoms. The molecule has 1 spiro atoms. The highest BCUT2D eigenvalue weighted by atomic mass is 32.2. The molecule has 1 aromatic heterocycles. The minimum atomic E-state index is -4.79. The lowest BCUT2D eigenvalue weighted by atomic mass is 10.1. The number of rotatable bonds is 2. The normalized spacial score (nSPS) is 19.5. The van der Waals surface area contributed by atoms with E-state index in [0.29, 0.717) is 30.4 Å². The first-order valence-electron chi connectivity index (χ1n) is 8.42. The van der Waals surface area contributed by atoms with Gasteiger partial charge in [-0.2, -0.15) is 18.2 Å². The van der Waals surface area contributed by atoms with E-state index in [2.05, 4.69) is 4.98 Å². The zero-order chi connectivity index (χ0) is 20.1. The van der Waals surface area contributed by atoms with Crippen LogP contribution in [0.3, 0.4) is 0 Å². The molecule has 3 heterocycles. The lowest BCUT2D eigenvalue weighted by Gasteiger charge is -2.38. The van der Waals surface area contributed by atoms with Gasteiger partial charge in [-0.25, -0.2) is 0 Å². The third kappa shape index (κ3) is 3.57. The Hall–Kier alpha value is -1.53. The Morgan fingerprint density at radius 2 is 1.82 bits per heavy atom. The highest BCUT2D eigenvalue weighted by molar-refractivity contribution is 8.21. The molecular formula is C16H14F3N3O3S3. The van der Waals surface area contributed by atoms with Crippen molar-refractivity contribution < 1.29 is 18.1 Å². The molecule has 28 heavy (non-hydrogen) atoms. The standard InChI is InChI=1S/C16H14F3N3O3S3/c17-16(18,19)9-7-10-12(11(8-9)22(24)25)28-14(20-13(10)23)21-3-1-15(2-4-21)26-5-6-27-15/h7-8H,1-6H2. The van der Waals surface area contributed by atoms with Gasteiger partial charge in [0.1, 0.15) is 4.70 Å². The molecule has 1 aromatic carbocycles. The van der Waals surface area contributed by atoms with Crippen molar-refractivity contribution in [3.05, 3.63) is 38.2 Å². The average Bonchev–Trinajstić information content (AvgIpc) is 3.08. The van der Waals surface area contributed by atoms with Crippen LogP contribution in [0.1, 0.15) is 18.4 Å². The highest BCUT2D eigenvalue weighted by Crippen LogP contribution is 2.51. The van der Waals surface area contributed by atoms with Gasteiger partial charge in [-0.05, 0) is 18.9 Å². The molecule has 2 aliphatic rings. The molecule has 150 valence electrons. The molecule has 4 rings (SSSR count). The molecule has 0 N–H and O–H groups in total. The van der Waals surface area contributed by atoms with Crippen LogP contribution in [-0.2, 0) is 6.18 Å². The molecule has 2 aliphatic heterocycles. The van der Waals surface area contributed by atoms with Crippen LogP contribution < -0.4 is 10.5 Å². The predicted octanol–water partition coefficient (Wildman–Crippen LogP) is 4.36. The summed E-state index contributed by atoms with van der Waals surface area (Å²) in [4.78, 5) is 28.8. The van der Waals surface area contributed by atoms with Crippen molar-refractivity contribution in [1.82, 2.24) is 4.98 Å². The SMILES string of the molecule is O=c1nc(N2CCC3(CC2)SCCS3)sc2c([N+](=O)[O-])cc(C(F)(F)F)cc12. The van der Waals surface area contributed by atoms with Gasteiger partial charge in [0.2, 0.25) is 0 Å². The summed E-state index contributed by atoms with van der Waals surface area (Å²) >= 11 is 4.79. The number of anilines is 1. The number of alkyl halides is 3. The van der Waals surface area contributed by atoms with Crippen molar-refractivity contribution in [2.24, 2.45) is 0 Å². The Bertz CT molecular complexity index is 996. The topological polar surface area (TPSA) is 76.3 Å². The number of thioether (sulfide) groups is 2. The van der Waals surface area contributed by atoms with Gasteiger partial charge < -0.3 is 4.90 Å². The first-order chi connectivity index (χ1) is 13.2. The van der Waals surface area contributed by atoms with Crippen molar-refractivity contribution in [2.45, 2.75) is 23.1 Å². The number of halogens is 3. The fourth-order valence-electron chi connectivity index (χ4n) is 3.40. The van der Waals surface area contributed by atoms with E-state index in [0.717, 1.165) is 35.7 Å². The van der Waals surface area contributed by atoms with Crippen molar-refractivity contribution >= 4 is 55.8 Å². The second-order valence-corrected chi connectivity index (χ2v) is 10.7. The number of nitro groups is 1. The maximum atomic E-state index is 13.1. The number of non-ortho nitro benzene ring substituents is 1. The van der Waals surface area contributed by atoms with Crippen LogP contribution in [0.4, 0.5) is 24.0 Å². The minimum Gasteiger partial charge on any atom is -0.348 e. The second-order valence-electron chi connectivity index (χ2n) is 6.52. The summed E-state index contributed by atoms with van der Waals surface area (Å²) in [6, 6.07) is 1.13. The predicted molar refractivity (Wildman–Crippen MR) is 107 cm³/mol. The molecule has 2 aromatic rings. The molecule has 6 nitrogen and oxygen atoms in total. The number of aromatic nitrogens is 1. The van der Waals surface area contributed by atoms with Gasteiger partial charge in [0.15, 0.2) is 5.13 Å². The minimum absolute atomic E-state index is 0.0714. The molecule has 0 saturated carbocycles. The van der Waals surface area contributed by atoms with Gasteiger partial charge in [-0.3, -0.25) is 14.9 Å². The molecule has 0 unspecified atom stereocenters. The maximum absolute atomic E-state index is 13.1. The Balaban J connectivity index is 1.75. The Labute approximate surface area is 169 Å². The van der Waals surface area contributed by atoms with E-state index < -0.39 is 27.9 Å². The number of hydrogen-bond acceptors (Lipinski definition) is 8. The number of nitrogens with zero attached hydrogens (tertiary/aromatic N) is 3. The van der Waals surface area contributed by atoms with E-state index in [1.165, 1.54) is 0 Å². The monoisotopic (exact) mass is 449 g/mol. The van der Waals surface area contributed by atoms with Crippen molar-refractivity contribution in [1.29, 1.82) is 0 Å². The van der Waals surface area contributed by atoms with E-state index >= 15 is 0 Å². The van der Waals surface area contributed by atoms with Crippen LogP contribution in [0.5, 0.6) is 0 Å². The van der Waals surface area contributed by atoms with E-state index in [1.807, 2.05) is 28.4 Å². The number of piperidine rings is 1. The van der Waals surface area contributed by atoms with Gasteiger partial charge in [-0.15, -0.1) is 23.5 Å². The zero-order valence-electron chi connectivity index (χ0n) is 14.3. The summed E-state index contributed by atoms with van der Waals surface area (Å²) in [5.41, 5.74) is -2.81. The summed E-state index contributed by atoms with van der Waals surface area (Å²) < 4.78 is 39.3. The van der Waals surface area contributed by atoms with Crippen molar-refractivity contribution in [3.63, 3.8) is 0 Å². The Morgan fingerprint density at radius 3 is 2.39 bits per heavy atom. The molecule has 12 heteroatoms. The summed E-state index contributed by atoms with van der Waals surface area (Å²) in [7, 11) is 0. The van der Waals surface area contributed by atoms with E-state index in [9.17, 15) is 28.1 Å². The van der Waals surface area contributed by atoms with Crippen molar-refractivity contribution in [2.75, 3.05) is 29.5 Å². The molecule has 0 aliphatic carbocycles. The van der Waals surface area contributed by atoms with Crippen molar-refractivity contribution in [3.8, 4) is 0 Å². The second kappa shape index (κ2) is 7.06. The first kappa shape index (κ1) is 19.8. The quantitative estimate of drug-likeness (QED) is 0.498. The lowest BCUT2D eigenvalue weighted by Crippen LogP contribution is -2.40. The third-order valence-corrected chi connectivity index (χ3v) is 9.64. The molecule has 0 amide bonds. The van der Waals surface area contributed by atoms with Crippen LogP contribution in [0.15, 0.2) is 16.9 Å². The number of hydrogen-bond donors (Lipinski definition) is 0. The largest absolute Gasteiger partial charge is 0.416 e. The zero-order valence-corrected chi connectivity index (χ0v) is 16.8. The summed E-state index contributed by atoms with van der Waals surface area (Å²) in [6.45, 7) is 1.31. The van der Waals surface area contributed by atoms with Gasteiger partial charge in [-0.1, -0.05) is 11.3 Å². The molecule has 0 atom stereocenters. The van der Waals surface area contributed by atoms with Crippen LogP contribution in [0.2, 0.25) is 0 Å². The van der Waals surface area contributed by atoms with Gasteiger partial charge in [0.25, 0.3) is 11.2 Å². The number of nitro benzene ring substituents is 1. The van der Waals surface area contributed by atoms with Gasteiger partial charge in [0.05, 0.1) is 20.0 Å². The lowest BCUT2D eigenvalue weighted by molar-refractivity contribution is -0.383. The number of benzene rings is 1. The Kier molecular flexibility index (Phi) is 4.99. The third-order valence-electron chi connectivity index (χ3n) is 4.82. The average molecular weight is 450 g/mol. The molecule has 2 saturated heterocycles. The smallest absolute Gasteiger partial charge is 0.348 e. The molecule has 2 fully saturated rings. The van der Waals surface area contributed by atoms with Crippen LogP contribution in [0, 0.1) is 10.1 Å². The Morgan fingerprint density at radius 1 is 1.18 bits per heavy atom.